The van der Waals surface area contributed by atoms with Crippen molar-refractivity contribution in [3.8, 4) is 0 Å². The number of hydrogen-bond acceptors (Lipinski definition) is 3. The van der Waals surface area contributed by atoms with Crippen LogP contribution < -0.4 is 10.5 Å². The highest BCUT2D eigenvalue weighted by atomic mass is 32.2. The first kappa shape index (κ1) is 15.3. The lowest BCUT2D eigenvalue weighted by Gasteiger charge is -2.26. The molecule has 0 unspecified atom stereocenters. The van der Waals surface area contributed by atoms with Crippen molar-refractivity contribution < 1.29 is 12.8 Å². The van der Waals surface area contributed by atoms with Gasteiger partial charge >= 0.3 is 0 Å². The third-order valence-electron chi connectivity index (χ3n) is 3.94. The third-order valence-corrected chi connectivity index (χ3v) is 5.38. The first-order valence-electron chi connectivity index (χ1n) is 6.93. The number of rotatable bonds is 4. The average Bonchev–Trinajstić information content (AvgIpc) is 2.41. The molecular weight excluding hydrogens is 279 g/mol. The molecular formula is C14H21FN2O2S. The van der Waals surface area contributed by atoms with E-state index in [9.17, 15) is 12.8 Å². The first-order chi connectivity index (χ1) is 9.38. The molecule has 1 aliphatic rings. The second-order valence-corrected chi connectivity index (χ2v) is 7.40. The fourth-order valence-corrected chi connectivity index (χ4v) is 3.79. The van der Waals surface area contributed by atoms with Crippen molar-refractivity contribution in [3.05, 3.63) is 24.0 Å². The second-order valence-electron chi connectivity index (χ2n) is 5.67. The van der Waals surface area contributed by atoms with Gasteiger partial charge in [-0.05, 0) is 42.9 Å². The largest absolute Gasteiger partial charge is 0.399 e. The summed E-state index contributed by atoms with van der Waals surface area (Å²) in [5, 5.41) is 0. The van der Waals surface area contributed by atoms with Gasteiger partial charge in [0.1, 0.15) is 10.7 Å². The molecule has 1 aromatic carbocycles. The van der Waals surface area contributed by atoms with E-state index in [1.807, 2.05) is 0 Å². The molecule has 0 aliphatic heterocycles. The van der Waals surface area contributed by atoms with E-state index in [4.69, 9.17) is 5.73 Å². The molecule has 0 amide bonds. The van der Waals surface area contributed by atoms with Gasteiger partial charge in [-0.1, -0.05) is 19.8 Å². The van der Waals surface area contributed by atoms with Crippen LogP contribution in [0, 0.1) is 17.7 Å². The number of nitrogen functional groups attached to an aromatic ring is 1. The Morgan fingerprint density at radius 1 is 1.30 bits per heavy atom. The van der Waals surface area contributed by atoms with Gasteiger partial charge in [-0.15, -0.1) is 0 Å². The number of halogens is 1. The van der Waals surface area contributed by atoms with Crippen LogP contribution >= 0.6 is 0 Å². The van der Waals surface area contributed by atoms with Gasteiger partial charge in [0.2, 0.25) is 10.0 Å². The van der Waals surface area contributed by atoms with Crippen LogP contribution in [0.1, 0.15) is 32.6 Å². The lowest BCUT2D eigenvalue weighted by Crippen LogP contribution is -2.31. The van der Waals surface area contributed by atoms with Crippen LogP contribution in [0.4, 0.5) is 10.1 Å². The molecule has 0 bridgehead atoms. The standard InChI is InChI=1S/C14H21FN2O2S/c1-10-2-4-11(5-3-10)9-17-20(18,19)14-8-12(16)6-7-13(14)15/h6-8,10-11,17H,2-5,9,16H2,1H3. The Morgan fingerprint density at radius 3 is 2.60 bits per heavy atom. The number of anilines is 1. The van der Waals surface area contributed by atoms with Crippen molar-refractivity contribution in [2.75, 3.05) is 12.3 Å². The Morgan fingerprint density at radius 2 is 1.95 bits per heavy atom. The molecule has 0 atom stereocenters. The Bertz CT molecular complexity index is 567. The molecule has 0 heterocycles. The summed E-state index contributed by atoms with van der Waals surface area (Å²) in [4.78, 5) is -0.373. The van der Waals surface area contributed by atoms with E-state index >= 15 is 0 Å². The zero-order chi connectivity index (χ0) is 14.8. The van der Waals surface area contributed by atoms with E-state index in [1.165, 1.54) is 6.07 Å². The summed E-state index contributed by atoms with van der Waals surface area (Å²) in [7, 11) is -3.83. The number of hydrogen-bond donors (Lipinski definition) is 2. The number of benzene rings is 1. The topological polar surface area (TPSA) is 72.2 Å². The summed E-state index contributed by atoms with van der Waals surface area (Å²) in [5.74, 6) is 0.281. The van der Waals surface area contributed by atoms with E-state index in [2.05, 4.69) is 11.6 Å². The lowest BCUT2D eigenvalue weighted by molar-refractivity contribution is 0.290. The Labute approximate surface area is 119 Å². The monoisotopic (exact) mass is 300 g/mol. The third kappa shape index (κ3) is 3.70. The maximum absolute atomic E-state index is 13.6. The fraction of sp³-hybridized carbons (Fsp3) is 0.571. The summed E-state index contributed by atoms with van der Waals surface area (Å²) in [6.45, 7) is 2.58. The van der Waals surface area contributed by atoms with E-state index in [-0.39, 0.29) is 10.6 Å². The molecule has 112 valence electrons. The van der Waals surface area contributed by atoms with Gasteiger partial charge in [0.15, 0.2) is 0 Å². The molecule has 1 saturated carbocycles. The highest BCUT2D eigenvalue weighted by Gasteiger charge is 2.23. The first-order valence-corrected chi connectivity index (χ1v) is 8.41. The predicted molar refractivity (Wildman–Crippen MR) is 77.1 cm³/mol. The van der Waals surface area contributed by atoms with Gasteiger partial charge in [-0.2, -0.15) is 0 Å². The highest BCUT2D eigenvalue weighted by molar-refractivity contribution is 7.89. The lowest BCUT2D eigenvalue weighted by atomic mass is 9.83. The summed E-state index contributed by atoms with van der Waals surface area (Å²) in [6, 6.07) is 3.57. The van der Waals surface area contributed by atoms with Gasteiger partial charge in [0.05, 0.1) is 0 Å². The molecule has 6 heteroatoms. The van der Waals surface area contributed by atoms with Crippen molar-refractivity contribution in [1.29, 1.82) is 0 Å². The van der Waals surface area contributed by atoms with Gasteiger partial charge < -0.3 is 5.73 Å². The molecule has 0 radical (unpaired) electrons. The summed E-state index contributed by atoms with van der Waals surface area (Å²) in [5.41, 5.74) is 5.75. The molecule has 3 N–H and O–H groups in total. The van der Waals surface area contributed by atoms with Crippen molar-refractivity contribution >= 4 is 15.7 Å². The van der Waals surface area contributed by atoms with Gasteiger partial charge in [0, 0.05) is 12.2 Å². The molecule has 2 rings (SSSR count). The van der Waals surface area contributed by atoms with Crippen LogP contribution in [-0.4, -0.2) is 15.0 Å². The number of sulfonamides is 1. The molecule has 0 saturated heterocycles. The number of nitrogens with two attached hydrogens (primary N) is 1. The maximum Gasteiger partial charge on any atom is 0.243 e. The van der Waals surface area contributed by atoms with Crippen LogP contribution in [0.2, 0.25) is 0 Å². The molecule has 1 aromatic rings. The van der Waals surface area contributed by atoms with Gasteiger partial charge in [-0.25, -0.2) is 17.5 Å². The number of nitrogens with one attached hydrogen (secondary N) is 1. The second kappa shape index (κ2) is 6.10. The van der Waals surface area contributed by atoms with Crippen LogP contribution in [0.5, 0.6) is 0 Å². The molecule has 0 aromatic heterocycles. The zero-order valence-corrected chi connectivity index (χ0v) is 12.4. The van der Waals surface area contributed by atoms with Crippen LogP contribution in [0.3, 0.4) is 0 Å². The van der Waals surface area contributed by atoms with Crippen molar-refractivity contribution in [2.45, 2.75) is 37.5 Å². The van der Waals surface area contributed by atoms with Crippen LogP contribution in [0.25, 0.3) is 0 Å². The predicted octanol–water partition coefficient (Wildman–Crippen LogP) is 2.51. The van der Waals surface area contributed by atoms with Crippen LogP contribution in [0.15, 0.2) is 23.1 Å². The smallest absolute Gasteiger partial charge is 0.243 e. The van der Waals surface area contributed by atoms with Gasteiger partial charge in [-0.3, -0.25) is 0 Å². The highest BCUT2D eigenvalue weighted by Crippen LogP contribution is 2.28. The minimum atomic E-state index is -3.83. The van der Waals surface area contributed by atoms with E-state index in [0.29, 0.717) is 18.4 Å². The van der Waals surface area contributed by atoms with Crippen molar-refractivity contribution in [1.82, 2.24) is 4.72 Å². The summed E-state index contributed by atoms with van der Waals surface area (Å²) < 4.78 is 40.3. The quantitative estimate of drug-likeness (QED) is 0.839. The molecule has 20 heavy (non-hydrogen) atoms. The summed E-state index contributed by atoms with van der Waals surface area (Å²) >= 11 is 0. The van der Waals surface area contributed by atoms with Gasteiger partial charge in [0.25, 0.3) is 0 Å². The minimum absolute atomic E-state index is 0.235. The Hall–Kier alpha value is -1.14. The Balaban J connectivity index is 2.02. The zero-order valence-electron chi connectivity index (χ0n) is 11.6. The van der Waals surface area contributed by atoms with Crippen molar-refractivity contribution in [3.63, 3.8) is 0 Å². The molecule has 0 spiro atoms. The van der Waals surface area contributed by atoms with E-state index in [0.717, 1.165) is 37.8 Å². The SMILES string of the molecule is CC1CCC(CNS(=O)(=O)c2cc(N)ccc2F)CC1. The Kier molecular flexibility index (Phi) is 4.65. The maximum atomic E-state index is 13.6. The van der Waals surface area contributed by atoms with E-state index < -0.39 is 15.8 Å². The van der Waals surface area contributed by atoms with Crippen molar-refractivity contribution in [2.24, 2.45) is 11.8 Å². The summed E-state index contributed by atoms with van der Waals surface area (Å²) in [6.07, 6.45) is 4.28. The molecule has 1 aliphatic carbocycles. The van der Waals surface area contributed by atoms with E-state index in [1.54, 1.807) is 0 Å². The molecule has 1 fully saturated rings. The normalized spacial score (nSPS) is 23.7. The fourth-order valence-electron chi connectivity index (χ4n) is 2.56. The minimum Gasteiger partial charge on any atom is -0.399 e. The molecule has 4 nitrogen and oxygen atoms in total. The van der Waals surface area contributed by atoms with Crippen LogP contribution in [-0.2, 0) is 10.0 Å². The average molecular weight is 300 g/mol.